The largest absolute Gasteiger partial charge is 0.489 e. The summed E-state index contributed by atoms with van der Waals surface area (Å²) in [5.74, 6) is -4.46. The zero-order valence-corrected chi connectivity index (χ0v) is 32.4. The molecule has 0 saturated carbocycles. The molecule has 302 valence electrons. The molecule has 0 unspecified atom stereocenters. The highest BCUT2D eigenvalue weighted by molar-refractivity contribution is 5.95. The Hall–Kier alpha value is -5.96. The van der Waals surface area contributed by atoms with Gasteiger partial charge in [-0.15, -0.1) is 0 Å². The Labute approximate surface area is 327 Å². The van der Waals surface area contributed by atoms with Crippen LogP contribution in [-0.2, 0) is 53.1 Å². The van der Waals surface area contributed by atoms with Gasteiger partial charge in [0.15, 0.2) is 0 Å². The second-order valence-electron chi connectivity index (χ2n) is 14.5. The van der Waals surface area contributed by atoms with Crippen LogP contribution in [0.3, 0.4) is 0 Å². The van der Waals surface area contributed by atoms with E-state index in [-0.39, 0.29) is 32.5 Å². The molecule has 15 nitrogen and oxygen atoms in total. The Morgan fingerprint density at radius 2 is 1.21 bits per heavy atom. The minimum Gasteiger partial charge on any atom is -0.489 e. The van der Waals surface area contributed by atoms with Crippen LogP contribution >= 0.6 is 0 Å². The number of alkyl carbamates (subject to hydrolysis) is 1. The Balaban J connectivity index is 1.86. The Bertz CT molecular complexity index is 1750. The van der Waals surface area contributed by atoms with E-state index in [1.54, 1.807) is 58.9 Å². The fraction of sp³-hybridized carbons (Fsp3) is 0.415. The smallest absolute Gasteiger partial charge is 0.408 e. The molecule has 0 heterocycles. The van der Waals surface area contributed by atoms with Crippen LogP contribution < -0.4 is 31.7 Å². The first kappa shape index (κ1) is 44.4. The molecule has 0 aromatic heterocycles. The molecular formula is C41H53N5O10. The zero-order valence-electron chi connectivity index (χ0n) is 32.4. The maximum atomic E-state index is 14.0. The molecule has 0 fully saturated rings. The first-order valence-electron chi connectivity index (χ1n) is 18.3. The van der Waals surface area contributed by atoms with E-state index in [2.05, 4.69) is 21.3 Å². The molecule has 0 aliphatic carbocycles. The van der Waals surface area contributed by atoms with Gasteiger partial charge < -0.3 is 46.3 Å². The van der Waals surface area contributed by atoms with Crippen molar-refractivity contribution in [2.24, 2.45) is 11.7 Å². The summed E-state index contributed by atoms with van der Waals surface area (Å²) < 4.78 is 17.1. The van der Waals surface area contributed by atoms with Crippen molar-refractivity contribution in [3.8, 4) is 5.75 Å². The van der Waals surface area contributed by atoms with Gasteiger partial charge in [-0.25, -0.2) is 9.59 Å². The summed E-state index contributed by atoms with van der Waals surface area (Å²) in [4.78, 5) is 77.6. The van der Waals surface area contributed by atoms with Crippen LogP contribution in [0.25, 0.3) is 0 Å². The number of rotatable bonds is 21. The summed E-state index contributed by atoms with van der Waals surface area (Å²) >= 11 is 0. The van der Waals surface area contributed by atoms with E-state index >= 15 is 0 Å². The molecule has 0 spiro atoms. The van der Waals surface area contributed by atoms with Crippen molar-refractivity contribution in [2.75, 3.05) is 6.61 Å². The number of carboxylic acid groups (broad SMARTS) is 1. The molecule has 3 aromatic rings. The van der Waals surface area contributed by atoms with Gasteiger partial charge in [-0.1, -0.05) is 86.6 Å². The lowest BCUT2D eigenvalue weighted by atomic mass is 10.0. The van der Waals surface area contributed by atoms with Gasteiger partial charge >= 0.3 is 12.1 Å². The summed E-state index contributed by atoms with van der Waals surface area (Å²) in [6, 6.07) is 20.3. The lowest BCUT2D eigenvalue weighted by Crippen LogP contribution is -2.59. The van der Waals surface area contributed by atoms with Gasteiger partial charge in [0, 0.05) is 12.8 Å². The second-order valence-corrected chi connectivity index (χ2v) is 14.5. The van der Waals surface area contributed by atoms with Crippen LogP contribution in [0, 0.1) is 5.92 Å². The summed E-state index contributed by atoms with van der Waals surface area (Å²) in [7, 11) is 0. The zero-order chi connectivity index (χ0) is 41.3. The van der Waals surface area contributed by atoms with Crippen LogP contribution in [0.2, 0.25) is 0 Å². The molecule has 5 amide bonds. The third kappa shape index (κ3) is 16.2. The van der Waals surface area contributed by atoms with Crippen molar-refractivity contribution in [1.82, 2.24) is 21.3 Å². The molecule has 0 aliphatic heterocycles. The Kier molecular flexibility index (Phi) is 17.3. The number of carboxylic acids is 1. The maximum Gasteiger partial charge on any atom is 0.408 e. The first-order valence-corrected chi connectivity index (χ1v) is 18.3. The third-order valence-corrected chi connectivity index (χ3v) is 8.19. The molecule has 3 rings (SSSR count). The number of carbonyl (C=O) groups is 6. The highest BCUT2D eigenvalue weighted by Gasteiger charge is 2.33. The fourth-order valence-corrected chi connectivity index (χ4v) is 5.28. The van der Waals surface area contributed by atoms with Crippen LogP contribution in [-0.4, -0.2) is 77.2 Å². The third-order valence-electron chi connectivity index (χ3n) is 8.19. The molecule has 0 saturated heterocycles. The lowest BCUT2D eigenvalue weighted by Gasteiger charge is -2.27. The number of carbonyl (C=O) groups excluding carboxylic acids is 5. The summed E-state index contributed by atoms with van der Waals surface area (Å²) in [6.45, 7) is 8.26. The van der Waals surface area contributed by atoms with Crippen molar-refractivity contribution in [3.05, 3.63) is 102 Å². The molecule has 3 aromatic carbocycles. The van der Waals surface area contributed by atoms with Gasteiger partial charge in [0.1, 0.15) is 42.1 Å². The molecule has 0 aliphatic rings. The fourth-order valence-electron chi connectivity index (χ4n) is 5.28. The minimum atomic E-state index is -1.42. The van der Waals surface area contributed by atoms with E-state index in [1.165, 1.54) is 0 Å². The average Bonchev–Trinajstić information content (AvgIpc) is 3.14. The highest BCUT2D eigenvalue weighted by atomic mass is 16.6. The predicted molar refractivity (Wildman–Crippen MR) is 207 cm³/mol. The van der Waals surface area contributed by atoms with Crippen molar-refractivity contribution in [2.45, 2.75) is 96.9 Å². The standard InChI is InChI=1S/C41H53N5O10/c1-26(2)35(39(51)52)46-36(48)31(20-21-34(42)47)43-38(50)33(25-54-23-28-12-8-6-9-13-28)44-37(49)32(45-40(53)56-41(3,4)5)22-27-16-18-30(19-17-27)55-24-29-14-10-7-11-15-29/h6-19,26,31-33,35H,20-25H2,1-5H3,(H2,42,47)(H,43,50)(H,44,49)(H,45,53)(H,46,48)(H,51,52)/t31-,32-,33-,35-/m0/s1. The molecule has 0 bridgehead atoms. The molecule has 0 radical (unpaired) electrons. The van der Waals surface area contributed by atoms with Gasteiger partial charge in [-0.3, -0.25) is 19.2 Å². The van der Waals surface area contributed by atoms with Crippen molar-refractivity contribution < 1.29 is 48.1 Å². The van der Waals surface area contributed by atoms with Gasteiger partial charge in [0.2, 0.25) is 23.6 Å². The van der Waals surface area contributed by atoms with E-state index in [0.29, 0.717) is 17.9 Å². The van der Waals surface area contributed by atoms with Gasteiger partial charge in [0.25, 0.3) is 0 Å². The normalized spacial score (nSPS) is 13.3. The van der Waals surface area contributed by atoms with E-state index in [9.17, 15) is 33.9 Å². The van der Waals surface area contributed by atoms with Crippen LogP contribution in [0.1, 0.15) is 64.2 Å². The molecule has 15 heteroatoms. The molecule has 7 N–H and O–H groups in total. The first-order chi connectivity index (χ1) is 26.5. The molecular weight excluding hydrogens is 722 g/mol. The minimum absolute atomic E-state index is 0.0152. The van der Waals surface area contributed by atoms with Crippen LogP contribution in [0.15, 0.2) is 84.9 Å². The predicted octanol–water partition coefficient (Wildman–Crippen LogP) is 3.38. The Morgan fingerprint density at radius 1 is 0.679 bits per heavy atom. The molecule has 56 heavy (non-hydrogen) atoms. The monoisotopic (exact) mass is 775 g/mol. The van der Waals surface area contributed by atoms with E-state index in [0.717, 1.165) is 11.1 Å². The lowest BCUT2D eigenvalue weighted by molar-refractivity contribution is -0.143. The maximum absolute atomic E-state index is 14.0. The number of nitrogens with one attached hydrogen (secondary N) is 4. The number of nitrogens with two attached hydrogens (primary N) is 1. The summed E-state index contributed by atoms with van der Waals surface area (Å²) in [6.07, 6.45) is -1.45. The highest BCUT2D eigenvalue weighted by Crippen LogP contribution is 2.16. The molecule has 4 atom stereocenters. The van der Waals surface area contributed by atoms with Crippen molar-refractivity contribution in [1.29, 1.82) is 0 Å². The van der Waals surface area contributed by atoms with Crippen LogP contribution in [0.4, 0.5) is 4.79 Å². The van der Waals surface area contributed by atoms with E-state index < -0.39 is 71.4 Å². The van der Waals surface area contributed by atoms with E-state index in [1.807, 2.05) is 60.7 Å². The van der Waals surface area contributed by atoms with Gasteiger partial charge in [-0.05, 0) is 61.9 Å². The number of hydrogen-bond donors (Lipinski definition) is 6. The average molecular weight is 776 g/mol. The topological polar surface area (TPSA) is 224 Å². The van der Waals surface area contributed by atoms with Gasteiger partial charge in [0.05, 0.1) is 13.2 Å². The number of benzene rings is 3. The Morgan fingerprint density at radius 3 is 1.75 bits per heavy atom. The number of primary amides is 1. The SMILES string of the molecule is CC(C)[C@H](NC(=O)[C@H](CCC(N)=O)NC(=O)[C@H](COCc1ccccc1)NC(=O)[C@H](Cc1ccc(OCc2ccccc2)cc1)NC(=O)OC(C)(C)C)C(=O)O. The van der Waals surface area contributed by atoms with Crippen molar-refractivity contribution in [3.63, 3.8) is 0 Å². The number of hydrogen-bond acceptors (Lipinski definition) is 9. The van der Waals surface area contributed by atoms with Crippen molar-refractivity contribution >= 4 is 35.7 Å². The summed E-state index contributed by atoms with van der Waals surface area (Å²) in [5.41, 5.74) is 6.87. The quantitative estimate of drug-likeness (QED) is 0.0926. The van der Waals surface area contributed by atoms with E-state index in [4.69, 9.17) is 19.9 Å². The van der Waals surface area contributed by atoms with Crippen LogP contribution in [0.5, 0.6) is 5.75 Å². The second kappa shape index (κ2) is 21.8. The summed E-state index contributed by atoms with van der Waals surface area (Å²) in [5, 5.41) is 19.8. The number of ether oxygens (including phenoxy) is 3. The van der Waals surface area contributed by atoms with Gasteiger partial charge in [-0.2, -0.15) is 0 Å². The number of aliphatic carboxylic acids is 1. The number of amides is 5.